The third kappa shape index (κ3) is 2.78. The van der Waals surface area contributed by atoms with Gasteiger partial charge in [0.2, 0.25) is 0 Å². The van der Waals surface area contributed by atoms with E-state index in [-0.39, 0.29) is 0 Å². The van der Waals surface area contributed by atoms with Gasteiger partial charge in [0.15, 0.2) is 0 Å². The van der Waals surface area contributed by atoms with E-state index >= 15 is 0 Å². The number of aromatic nitrogens is 2. The molecule has 0 atom stereocenters. The first-order valence-electron chi connectivity index (χ1n) is 6.96. The maximum atomic E-state index is 6.02. The molecule has 3 nitrogen and oxygen atoms in total. The van der Waals surface area contributed by atoms with E-state index < -0.39 is 0 Å². The zero-order chi connectivity index (χ0) is 14.1. The van der Waals surface area contributed by atoms with E-state index in [4.69, 9.17) is 11.6 Å². The van der Waals surface area contributed by atoms with Crippen LogP contribution >= 0.6 is 11.6 Å². The molecule has 20 heavy (non-hydrogen) atoms. The summed E-state index contributed by atoms with van der Waals surface area (Å²) in [5, 5.41) is 0.522. The van der Waals surface area contributed by atoms with Gasteiger partial charge in [0.1, 0.15) is 11.0 Å². The largest absolute Gasteiger partial charge is 0.364 e. The van der Waals surface area contributed by atoms with E-state index in [1.165, 1.54) is 23.2 Å². The van der Waals surface area contributed by atoms with Gasteiger partial charge < -0.3 is 4.90 Å². The van der Waals surface area contributed by atoms with Crippen molar-refractivity contribution in [3.05, 3.63) is 52.1 Å². The molecule has 104 valence electrons. The lowest BCUT2D eigenvalue weighted by molar-refractivity contribution is 0.672. The summed E-state index contributed by atoms with van der Waals surface area (Å²) in [7, 11) is 0. The lowest BCUT2D eigenvalue weighted by atomic mass is 9.99. The van der Waals surface area contributed by atoms with Gasteiger partial charge in [-0.05, 0) is 44.4 Å². The summed E-state index contributed by atoms with van der Waals surface area (Å²) in [5.41, 5.74) is 4.97. The van der Waals surface area contributed by atoms with Gasteiger partial charge in [0, 0.05) is 17.9 Å². The fourth-order valence-corrected chi connectivity index (χ4v) is 3.05. The van der Waals surface area contributed by atoms with Crippen molar-refractivity contribution in [2.45, 2.75) is 33.2 Å². The fraction of sp³-hybridized carbons (Fsp3) is 0.375. The van der Waals surface area contributed by atoms with Crippen LogP contribution in [0, 0.1) is 13.8 Å². The number of aryl methyl sites for hydroxylation is 3. The van der Waals surface area contributed by atoms with Crippen LogP contribution < -0.4 is 4.90 Å². The van der Waals surface area contributed by atoms with Crippen molar-refractivity contribution in [3.8, 4) is 0 Å². The summed E-state index contributed by atoms with van der Waals surface area (Å²) in [6.45, 7) is 5.86. The molecule has 4 heteroatoms. The molecule has 2 aromatic rings. The molecular weight excluding hydrogens is 270 g/mol. The van der Waals surface area contributed by atoms with Crippen molar-refractivity contribution in [3.63, 3.8) is 0 Å². The van der Waals surface area contributed by atoms with E-state index in [0.29, 0.717) is 5.15 Å². The topological polar surface area (TPSA) is 29.0 Å². The Morgan fingerprint density at radius 3 is 2.85 bits per heavy atom. The fourth-order valence-electron chi connectivity index (χ4n) is 2.80. The molecule has 0 fully saturated rings. The minimum Gasteiger partial charge on any atom is -0.364 e. The second kappa shape index (κ2) is 5.41. The minimum absolute atomic E-state index is 0.522. The number of hydrogen-bond donors (Lipinski definition) is 0. The Morgan fingerprint density at radius 2 is 2.05 bits per heavy atom. The van der Waals surface area contributed by atoms with Crippen LogP contribution in [-0.4, -0.2) is 16.5 Å². The molecule has 1 aliphatic rings. The predicted molar refractivity (Wildman–Crippen MR) is 82.3 cm³/mol. The standard InChI is InChI=1S/C16H18ClN3/c1-11-5-6-14-13(8-11)4-3-7-20(14)10-16-18-12(2)9-15(17)19-16/h5-6,8-9H,3-4,7,10H2,1-2H3. The molecule has 0 amide bonds. The number of fused-ring (bicyclic) bond motifs is 1. The van der Waals surface area contributed by atoms with Crippen molar-refractivity contribution >= 4 is 17.3 Å². The second-order valence-corrected chi connectivity index (χ2v) is 5.79. The summed E-state index contributed by atoms with van der Waals surface area (Å²) in [5.74, 6) is 0.795. The van der Waals surface area contributed by atoms with Gasteiger partial charge in [0.25, 0.3) is 0 Å². The van der Waals surface area contributed by atoms with Crippen molar-refractivity contribution in [1.82, 2.24) is 9.97 Å². The Balaban J connectivity index is 1.89. The molecule has 0 saturated carbocycles. The van der Waals surface area contributed by atoms with Crippen LogP contribution in [0.15, 0.2) is 24.3 Å². The maximum Gasteiger partial charge on any atom is 0.149 e. The highest BCUT2D eigenvalue weighted by atomic mass is 35.5. The van der Waals surface area contributed by atoms with Gasteiger partial charge in [-0.2, -0.15) is 0 Å². The SMILES string of the molecule is Cc1ccc2c(c1)CCCN2Cc1nc(C)cc(Cl)n1. The van der Waals surface area contributed by atoms with Gasteiger partial charge in [-0.25, -0.2) is 9.97 Å². The lowest BCUT2D eigenvalue weighted by Crippen LogP contribution is -2.29. The first-order chi connectivity index (χ1) is 9.61. The van der Waals surface area contributed by atoms with E-state index in [9.17, 15) is 0 Å². The van der Waals surface area contributed by atoms with E-state index in [0.717, 1.165) is 31.0 Å². The number of halogens is 1. The summed E-state index contributed by atoms with van der Waals surface area (Å²) >= 11 is 6.02. The van der Waals surface area contributed by atoms with Crippen LogP contribution in [0.25, 0.3) is 0 Å². The molecule has 2 heterocycles. The van der Waals surface area contributed by atoms with Gasteiger partial charge >= 0.3 is 0 Å². The van der Waals surface area contributed by atoms with Crippen LogP contribution in [0.4, 0.5) is 5.69 Å². The van der Waals surface area contributed by atoms with Crippen LogP contribution in [0.1, 0.15) is 29.1 Å². The van der Waals surface area contributed by atoms with Crippen molar-refractivity contribution < 1.29 is 0 Å². The number of anilines is 1. The van der Waals surface area contributed by atoms with Crippen LogP contribution in [-0.2, 0) is 13.0 Å². The number of nitrogens with zero attached hydrogens (tertiary/aromatic N) is 3. The summed E-state index contributed by atoms with van der Waals surface area (Å²) < 4.78 is 0. The zero-order valence-corrected chi connectivity index (χ0v) is 12.6. The third-order valence-electron chi connectivity index (χ3n) is 3.65. The molecule has 0 spiro atoms. The van der Waals surface area contributed by atoms with E-state index in [1.54, 1.807) is 6.07 Å². The second-order valence-electron chi connectivity index (χ2n) is 5.41. The quantitative estimate of drug-likeness (QED) is 0.789. The highest BCUT2D eigenvalue weighted by molar-refractivity contribution is 6.29. The van der Waals surface area contributed by atoms with Crippen molar-refractivity contribution in [2.75, 3.05) is 11.4 Å². The Morgan fingerprint density at radius 1 is 1.20 bits per heavy atom. The Bertz CT molecular complexity index is 619. The average molecular weight is 288 g/mol. The predicted octanol–water partition coefficient (Wildman–Crippen LogP) is 3.70. The Labute approximate surface area is 124 Å². The Kier molecular flexibility index (Phi) is 3.62. The lowest BCUT2D eigenvalue weighted by Gasteiger charge is -2.31. The number of rotatable bonds is 2. The van der Waals surface area contributed by atoms with E-state index in [1.807, 2.05) is 6.92 Å². The van der Waals surface area contributed by atoms with Crippen molar-refractivity contribution in [2.24, 2.45) is 0 Å². The van der Waals surface area contributed by atoms with Gasteiger partial charge in [-0.15, -0.1) is 0 Å². The molecule has 0 aliphatic carbocycles. The molecule has 0 bridgehead atoms. The molecule has 1 aromatic heterocycles. The third-order valence-corrected chi connectivity index (χ3v) is 3.85. The smallest absolute Gasteiger partial charge is 0.149 e. The average Bonchev–Trinajstić information content (AvgIpc) is 2.37. The molecule has 0 N–H and O–H groups in total. The number of hydrogen-bond acceptors (Lipinski definition) is 3. The molecular formula is C16H18ClN3. The molecule has 3 rings (SSSR count). The van der Waals surface area contributed by atoms with Crippen molar-refractivity contribution in [1.29, 1.82) is 0 Å². The number of benzene rings is 1. The Hall–Kier alpha value is -1.61. The van der Waals surface area contributed by atoms with Gasteiger partial charge in [-0.3, -0.25) is 0 Å². The minimum atomic E-state index is 0.522. The first kappa shape index (κ1) is 13.4. The molecule has 0 radical (unpaired) electrons. The molecule has 0 unspecified atom stereocenters. The normalized spacial score (nSPS) is 14.2. The summed E-state index contributed by atoms with van der Waals surface area (Å²) in [6.07, 6.45) is 2.33. The molecule has 0 saturated heterocycles. The monoisotopic (exact) mass is 287 g/mol. The van der Waals surface area contributed by atoms with E-state index in [2.05, 4.69) is 40.0 Å². The summed E-state index contributed by atoms with van der Waals surface area (Å²) in [4.78, 5) is 11.2. The maximum absolute atomic E-state index is 6.02. The molecule has 1 aliphatic heterocycles. The first-order valence-corrected chi connectivity index (χ1v) is 7.34. The highest BCUT2D eigenvalue weighted by Crippen LogP contribution is 2.28. The zero-order valence-electron chi connectivity index (χ0n) is 11.9. The highest BCUT2D eigenvalue weighted by Gasteiger charge is 2.18. The van der Waals surface area contributed by atoms with Gasteiger partial charge in [-0.1, -0.05) is 29.3 Å². The van der Waals surface area contributed by atoms with Gasteiger partial charge in [0.05, 0.1) is 6.54 Å². The van der Waals surface area contributed by atoms with Crippen LogP contribution in [0.2, 0.25) is 5.15 Å². The van der Waals surface area contributed by atoms with Crippen LogP contribution in [0.3, 0.4) is 0 Å². The van der Waals surface area contributed by atoms with Crippen LogP contribution in [0.5, 0.6) is 0 Å². The summed E-state index contributed by atoms with van der Waals surface area (Å²) in [6, 6.07) is 8.45. The molecule has 1 aromatic carbocycles.